The number of unbranched alkanes of at least 4 members (excludes halogenated alkanes) is 6. The van der Waals surface area contributed by atoms with Crippen molar-refractivity contribution >= 4 is 33.1 Å². The Hall–Kier alpha value is -0.301. The monoisotopic (exact) mass is 422 g/mol. The molecule has 0 aliphatic heterocycles. The molecule has 0 aromatic carbocycles. The standard InChI is InChI=1S/2C6H13.C4H6O5.Sn/c2*1-3-5-6-4-2;5-2(4(8)9)1-3(6)7;/h2*1,3-6H2,2H3;2,5H,1H2,(H,6,7)(H,8,9);/q;;;+2/p-2. The van der Waals surface area contributed by atoms with E-state index in [1.54, 1.807) is 21.7 Å². The van der Waals surface area contributed by atoms with E-state index in [0.717, 1.165) is 0 Å². The zero-order chi connectivity index (χ0) is 17.2. The van der Waals surface area contributed by atoms with Crippen LogP contribution in [0.15, 0.2) is 0 Å². The van der Waals surface area contributed by atoms with Crippen LogP contribution in [0, 0.1) is 0 Å². The predicted molar refractivity (Wildman–Crippen MR) is 84.3 cm³/mol. The predicted octanol–water partition coefficient (Wildman–Crippen LogP) is 0.925. The van der Waals surface area contributed by atoms with Crippen LogP contribution >= 0.6 is 0 Å². The van der Waals surface area contributed by atoms with Crippen molar-refractivity contribution in [1.82, 2.24) is 0 Å². The molecule has 0 radical (unpaired) electrons. The maximum Gasteiger partial charge on any atom is 0.0985 e. The molecule has 0 rings (SSSR count). The molecule has 0 saturated carbocycles. The van der Waals surface area contributed by atoms with Gasteiger partial charge in [-0.05, 0) is 0 Å². The van der Waals surface area contributed by atoms with E-state index < -0.39 is 24.5 Å². The number of aliphatic carboxylic acids is 2. The van der Waals surface area contributed by atoms with Crippen molar-refractivity contribution in [2.75, 3.05) is 0 Å². The van der Waals surface area contributed by atoms with Gasteiger partial charge in [0, 0.05) is 12.4 Å². The SMILES string of the molecule is CCCCC[CH2][Sn+2][CH2]CCCCC.O=C([O-])CC(O)C(=O)[O-]. The maximum atomic E-state index is 9.58. The van der Waals surface area contributed by atoms with E-state index in [1.807, 2.05) is 0 Å². The summed E-state index contributed by atoms with van der Waals surface area (Å²) in [7, 11) is 0. The van der Waals surface area contributed by atoms with Gasteiger partial charge in [0.2, 0.25) is 0 Å². The normalized spacial score (nSPS) is 11.0. The number of aliphatic hydroxyl groups excluding tert-OH is 1. The van der Waals surface area contributed by atoms with Gasteiger partial charge in [0.05, 0.1) is 12.1 Å². The van der Waals surface area contributed by atoms with Crippen molar-refractivity contribution in [1.29, 1.82) is 0 Å². The van der Waals surface area contributed by atoms with Crippen LogP contribution in [0.3, 0.4) is 0 Å². The molecule has 0 amide bonds. The third-order valence-corrected chi connectivity index (χ3v) is 7.08. The van der Waals surface area contributed by atoms with E-state index in [0.29, 0.717) is 0 Å². The first-order valence-corrected chi connectivity index (χ1v) is 12.3. The first-order valence-electron chi connectivity index (χ1n) is 8.25. The van der Waals surface area contributed by atoms with Crippen molar-refractivity contribution in [3.05, 3.63) is 0 Å². The summed E-state index contributed by atoms with van der Waals surface area (Å²) in [6, 6.07) is 0. The number of carboxylic acids is 2. The minimum atomic E-state index is -1.96. The number of carbonyl (C=O) groups is 2. The van der Waals surface area contributed by atoms with Crippen LogP contribution in [-0.4, -0.2) is 44.3 Å². The van der Waals surface area contributed by atoms with Crippen LogP contribution < -0.4 is 10.2 Å². The Balaban J connectivity index is 0. The number of rotatable bonds is 13. The molecular formula is C16H30O5Sn. The average molecular weight is 421 g/mol. The summed E-state index contributed by atoms with van der Waals surface area (Å²) in [5, 5.41) is 27.3. The Morgan fingerprint density at radius 3 is 1.64 bits per heavy atom. The summed E-state index contributed by atoms with van der Waals surface area (Å²) in [6.07, 6.45) is 8.94. The molecule has 128 valence electrons. The smallest absolute Gasteiger partial charge is 0.0985 e. The van der Waals surface area contributed by atoms with Crippen LogP contribution in [0.4, 0.5) is 0 Å². The van der Waals surface area contributed by atoms with Gasteiger partial charge in [0.25, 0.3) is 0 Å². The summed E-state index contributed by atoms with van der Waals surface area (Å²) in [6.45, 7) is 4.59. The molecule has 5 nitrogen and oxygen atoms in total. The van der Waals surface area contributed by atoms with Crippen LogP contribution in [0.1, 0.15) is 71.6 Å². The minimum Gasteiger partial charge on any atom is -0.550 e. The fourth-order valence-electron chi connectivity index (χ4n) is 1.72. The molecule has 1 atom stereocenters. The number of aliphatic hydroxyl groups is 1. The number of hydrogen-bond acceptors (Lipinski definition) is 5. The van der Waals surface area contributed by atoms with E-state index in [4.69, 9.17) is 5.11 Å². The third kappa shape index (κ3) is 22.0. The van der Waals surface area contributed by atoms with Crippen LogP contribution in [0.25, 0.3) is 0 Å². The summed E-state index contributed by atoms with van der Waals surface area (Å²) in [5.74, 6) is -3.43. The number of carbonyl (C=O) groups excluding carboxylic acids is 2. The van der Waals surface area contributed by atoms with E-state index in [9.17, 15) is 19.8 Å². The second kappa shape index (κ2) is 18.7. The van der Waals surface area contributed by atoms with Crippen molar-refractivity contribution in [2.24, 2.45) is 0 Å². The first kappa shape index (κ1) is 24.0. The Bertz CT molecular complexity index is 261. The van der Waals surface area contributed by atoms with E-state index in [-0.39, 0.29) is 21.1 Å². The van der Waals surface area contributed by atoms with E-state index in [1.165, 1.54) is 38.5 Å². The molecule has 1 N–H and O–H groups in total. The van der Waals surface area contributed by atoms with Gasteiger partial charge in [0.1, 0.15) is 0 Å². The maximum absolute atomic E-state index is 9.58. The molecule has 22 heavy (non-hydrogen) atoms. The molecule has 0 spiro atoms. The second-order valence-electron chi connectivity index (χ2n) is 5.28. The molecule has 0 aliphatic rings. The molecule has 0 fully saturated rings. The van der Waals surface area contributed by atoms with Crippen molar-refractivity contribution in [3.63, 3.8) is 0 Å². The largest absolute Gasteiger partial charge is 0.550 e. The Morgan fingerprint density at radius 1 is 0.909 bits per heavy atom. The Kier molecular flexibility index (Phi) is 20.4. The second-order valence-corrected chi connectivity index (χ2v) is 9.56. The van der Waals surface area contributed by atoms with Crippen molar-refractivity contribution in [2.45, 2.75) is 86.6 Å². The molecule has 1 unspecified atom stereocenters. The van der Waals surface area contributed by atoms with E-state index in [2.05, 4.69) is 13.8 Å². The van der Waals surface area contributed by atoms with Gasteiger partial charge in [-0.3, -0.25) is 0 Å². The Labute approximate surface area is 144 Å². The molecule has 0 aromatic rings. The molecule has 0 saturated heterocycles. The molecule has 0 aliphatic carbocycles. The zero-order valence-corrected chi connectivity index (χ0v) is 16.8. The van der Waals surface area contributed by atoms with Gasteiger partial charge in [0.15, 0.2) is 0 Å². The van der Waals surface area contributed by atoms with Crippen LogP contribution in [0.2, 0.25) is 8.87 Å². The minimum absolute atomic E-state index is 0.104. The summed E-state index contributed by atoms with van der Waals surface area (Å²) in [4.78, 5) is 19.1. The van der Waals surface area contributed by atoms with Gasteiger partial charge in [-0.25, -0.2) is 0 Å². The summed E-state index contributed by atoms with van der Waals surface area (Å²) < 4.78 is 3.30. The van der Waals surface area contributed by atoms with Crippen LogP contribution in [-0.2, 0) is 9.59 Å². The Morgan fingerprint density at radius 2 is 1.36 bits per heavy atom. The van der Waals surface area contributed by atoms with Crippen molar-refractivity contribution < 1.29 is 24.9 Å². The fourth-order valence-corrected chi connectivity index (χ4v) is 5.29. The summed E-state index contributed by atoms with van der Waals surface area (Å²) in [5.41, 5.74) is 0. The van der Waals surface area contributed by atoms with Gasteiger partial charge >= 0.3 is 95.2 Å². The molecular weight excluding hydrogens is 391 g/mol. The third-order valence-electron chi connectivity index (χ3n) is 3.05. The molecule has 0 aromatic heterocycles. The van der Waals surface area contributed by atoms with Gasteiger partial charge in [-0.15, -0.1) is 0 Å². The molecule has 6 heteroatoms. The quantitative estimate of drug-likeness (QED) is 0.352. The van der Waals surface area contributed by atoms with Crippen LogP contribution in [0.5, 0.6) is 0 Å². The summed E-state index contributed by atoms with van der Waals surface area (Å²) >= 11 is 0.104. The van der Waals surface area contributed by atoms with Gasteiger partial charge < -0.3 is 24.9 Å². The number of carboxylic acid groups (broad SMARTS) is 2. The number of hydrogen-bond donors (Lipinski definition) is 1. The fraction of sp³-hybridized carbons (Fsp3) is 0.875. The van der Waals surface area contributed by atoms with E-state index >= 15 is 0 Å². The zero-order valence-electron chi connectivity index (χ0n) is 13.9. The topological polar surface area (TPSA) is 100 Å². The average Bonchev–Trinajstić information content (AvgIpc) is 2.45. The van der Waals surface area contributed by atoms with Gasteiger partial charge in [-0.2, -0.15) is 0 Å². The van der Waals surface area contributed by atoms with Gasteiger partial charge in [-0.1, -0.05) is 0 Å². The molecule has 0 bridgehead atoms. The van der Waals surface area contributed by atoms with Crippen molar-refractivity contribution in [3.8, 4) is 0 Å². The molecule has 0 heterocycles. The first-order chi connectivity index (χ1) is 10.5.